The van der Waals surface area contributed by atoms with Crippen molar-refractivity contribution in [3.05, 3.63) is 65.2 Å². The molecule has 1 atom stereocenters. The van der Waals surface area contributed by atoms with Crippen LogP contribution in [0.1, 0.15) is 12.5 Å². The second-order valence-corrected chi connectivity index (χ2v) is 6.78. The van der Waals surface area contributed by atoms with Gasteiger partial charge in [-0.05, 0) is 25.1 Å². The Morgan fingerprint density at radius 1 is 1.07 bits per heavy atom. The Hall–Kier alpha value is -2.84. The molecule has 0 fully saturated rings. The molecular weight excluding hydrogens is 405 g/mol. The van der Waals surface area contributed by atoms with Gasteiger partial charge in [0.15, 0.2) is 0 Å². The molecule has 0 aliphatic heterocycles. The van der Waals surface area contributed by atoms with E-state index in [2.05, 4.69) is 20.6 Å². The minimum Gasteiger partial charge on any atom is -0.394 e. The van der Waals surface area contributed by atoms with Crippen LogP contribution in [-0.4, -0.2) is 27.7 Å². The Morgan fingerprint density at radius 3 is 2.45 bits per heavy atom. The second kappa shape index (κ2) is 8.67. The normalized spacial score (nSPS) is 12.5. The third kappa shape index (κ3) is 5.36. The number of benzene rings is 2. The quantitative estimate of drug-likeness (QED) is 0.499. The van der Waals surface area contributed by atoms with E-state index < -0.39 is 11.7 Å². The fraction of sp³-hybridized carbons (Fsp3) is 0.200. The Kier molecular flexibility index (Phi) is 6.24. The van der Waals surface area contributed by atoms with Crippen LogP contribution in [0.4, 0.5) is 30.6 Å². The number of aliphatic hydroxyl groups excluding tert-OH is 1. The lowest BCUT2D eigenvalue weighted by Gasteiger charge is -2.15. The average Bonchev–Trinajstić information content (AvgIpc) is 2.69. The smallest absolute Gasteiger partial charge is 0.394 e. The van der Waals surface area contributed by atoms with Crippen molar-refractivity contribution in [3.8, 4) is 11.3 Å². The molecule has 29 heavy (non-hydrogen) atoms. The van der Waals surface area contributed by atoms with Crippen LogP contribution in [-0.2, 0) is 6.18 Å². The van der Waals surface area contributed by atoms with Gasteiger partial charge in [-0.15, -0.1) is 0 Å². The zero-order chi connectivity index (χ0) is 21.0. The maximum absolute atomic E-state index is 13.1. The van der Waals surface area contributed by atoms with Gasteiger partial charge in [0.25, 0.3) is 0 Å². The van der Waals surface area contributed by atoms with Gasteiger partial charge in [-0.2, -0.15) is 18.2 Å². The first-order valence-corrected chi connectivity index (χ1v) is 9.09. The first-order chi connectivity index (χ1) is 13.8. The van der Waals surface area contributed by atoms with Crippen LogP contribution in [0.25, 0.3) is 11.3 Å². The minimum atomic E-state index is -4.57. The lowest BCUT2D eigenvalue weighted by molar-refractivity contribution is -0.137. The van der Waals surface area contributed by atoms with Crippen molar-refractivity contribution in [2.24, 2.45) is 0 Å². The van der Waals surface area contributed by atoms with Gasteiger partial charge in [0.1, 0.15) is 5.82 Å². The number of hydrogen-bond donors (Lipinski definition) is 3. The van der Waals surface area contributed by atoms with E-state index in [1.807, 2.05) is 30.3 Å². The number of nitrogens with zero attached hydrogens (tertiary/aromatic N) is 2. The van der Waals surface area contributed by atoms with E-state index in [0.717, 1.165) is 11.6 Å². The molecule has 9 heteroatoms. The molecule has 0 amide bonds. The predicted molar refractivity (Wildman–Crippen MR) is 107 cm³/mol. The van der Waals surface area contributed by atoms with Crippen LogP contribution < -0.4 is 10.6 Å². The van der Waals surface area contributed by atoms with Gasteiger partial charge in [0.05, 0.1) is 22.9 Å². The van der Waals surface area contributed by atoms with Gasteiger partial charge in [0.2, 0.25) is 5.95 Å². The van der Waals surface area contributed by atoms with Gasteiger partial charge in [-0.25, -0.2) is 4.98 Å². The molecule has 152 valence electrons. The standard InChI is InChI=1S/C20H18ClF3N4O/c1-12(11-29)25-19-27-17(13-5-3-2-4-6-13)10-18(28-19)26-14-7-8-16(21)15(9-14)20(22,23)24/h2-10,12,29H,11H2,1H3,(H2,25,26,27,28)/t12-/m1/s1. The molecular formula is C20H18ClF3N4O. The van der Waals surface area contributed by atoms with Crippen molar-refractivity contribution in [2.45, 2.75) is 19.1 Å². The molecule has 0 bridgehead atoms. The summed E-state index contributed by atoms with van der Waals surface area (Å²) < 4.78 is 39.4. The van der Waals surface area contributed by atoms with Crippen molar-refractivity contribution in [1.82, 2.24) is 9.97 Å². The van der Waals surface area contributed by atoms with Crippen molar-refractivity contribution >= 4 is 29.1 Å². The van der Waals surface area contributed by atoms with Gasteiger partial charge < -0.3 is 15.7 Å². The number of aliphatic hydroxyl groups is 1. The van der Waals surface area contributed by atoms with Gasteiger partial charge in [0, 0.05) is 23.4 Å². The molecule has 5 nitrogen and oxygen atoms in total. The number of halogens is 4. The number of aromatic nitrogens is 2. The third-order valence-electron chi connectivity index (χ3n) is 3.99. The highest BCUT2D eigenvalue weighted by Crippen LogP contribution is 2.36. The summed E-state index contributed by atoms with van der Waals surface area (Å²) in [4.78, 5) is 8.73. The van der Waals surface area contributed by atoms with E-state index in [0.29, 0.717) is 11.5 Å². The molecule has 3 aromatic rings. The summed E-state index contributed by atoms with van der Waals surface area (Å²) in [5, 5.41) is 14.7. The first kappa shape index (κ1) is 20.9. The largest absolute Gasteiger partial charge is 0.417 e. The SMILES string of the molecule is C[C@H](CO)Nc1nc(Nc2ccc(Cl)c(C(F)(F)F)c2)cc(-c2ccccc2)n1. The lowest BCUT2D eigenvalue weighted by Crippen LogP contribution is -2.21. The lowest BCUT2D eigenvalue weighted by atomic mass is 10.1. The maximum atomic E-state index is 13.1. The van der Waals surface area contributed by atoms with E-state index in [1.54, 1.807) is 13.0 Å². The zero-order valence-electron chi connectivity index (χ0n) is 15.3. The molecule has 2 aromatic carbocycles. The number of rotatable bonds is 6. The molecule has 0 radical (unpaired) electrons. The van der Waals surface area contributed by atoms with Crippen molar-refractivity contribution in [1.29, 1.82) is 0 Å². The number of nitrogens with one attached hydrogen (secondary N) is 2. The van der Waals surface area contributed by atoms with E-state index >= 15 is 0 Å². The van der Waals surface area contributed by atoms with Gasteiger partial charge >= 0.3 is 6.18 Å². The summed E-state index contributed by atoms with van der Waals surface area (Å²) in [6.45, 7) is 1.62. The van der Waals surface area contributed by atoms with Crippen LogP contribution in [0.5, 0.6) is 0 Å². The topological polar surface area (TPSA) is 70.1 Å². The van der Waals surface area contributed by atoms with Crippen molar-refractivity contribution in [2.75, 3.05) is 17.2 Å². The van der Waals surface area contributed by atoms with E-state index in [-0.39, 0.29) is 29.3 Å². The monoisotopic (exact) mass is 422 g/mol. The first-order valence-electron chi connectivity index (χ1n) is 8.72. The molecule has 0 saturated heterocycles. The molecule has 0 spiro atoms. The maximum Gasteiger partial charge on any atom is 0.417 e. The van der Waals surface area contributed by atoms with Crippen molar-refractivity contribution in [3.63, 3.8) is 0 Å². The van der Waals surface area contributed by atoms with Crippen LogP contribution >= 0.6 is 11.6 Å². The molecule has 3 rings (SSSR count). The molecule has 1 aromatic heterocycles. The molecule has 0 saturated carbocycles. The van der Waals surface area contributed by atoms with Crippen LogP contribution in [0, 0.1) is 0 Å². The second-order valence-electron chi connectivity index (χ2n) is 6.37. The fourth-order valence-electron chi connectivity index (χ4n) is 2.57. The summed E-state index contributed by atoms with van der Waals surface area (Å²) >= 11 is 5.68. The predicted octanol–water partition coefficient (Wildman–Crippen LogP) is 5.35. The summed E-state index contributed by atoms with van der Waals surface area (Å²) in [5.41, 5.74) is 0.625. The third-order valence-corrected chi connectivity index (χ3v) is 4.32. The van der Waals surface area contributed by atoms with E-state index in [4.69, 9.17) is 11.6 Å². The summed E-state index contributed by atoms with van der Waals surface area (Å²) in [5.74, 6) is 0.530. The molecule has 0 aliphatic rings. The summed E-state index contributed by atoms with van der Waals surface area (Å²) in [7, 11) is 0. The highest BCUT2D eigenvalue weighted by Gasteiger charge is 2.33. The Bertz CT molecular complexity index is 983. The molecule has 0 aliphatic carbocycles. The number of anilines is 3. The molecule has 1 heterocycles. The van der Waals surface area contributed by atoms with Gasteiger partial charge in [-0.1, -0.05) is 41.9 Å². The summed E-state index contributed by atoms with van der Waals surface area (Å²) in [6.07, 6.45) is -4.57. The van der Waals surface area contributed by atoms with Crippen molar-refractivity contribution < 1.29 is 18.3 Å². The van der Waals surface area contributed by atoms with E-state index in [1.165, 1.54) is 12.1 Å². The minimum absolute atomic E-state index is 0.131. The Labute approximate surface area is 170 Å². The molecule has 3 N–H and O–H groups in total. The zero-order valence-corrected chi connectivity index (χ0v) is 16.1. The van der Waals surface area contributed by atoms with E-state index in [9.17, 15) is 18.3 Å². The fourth-order valence-corrected chi connectivity index (χ4v) is 2.79. The van der Waals surface area contributed by atoms with Crippen LogP contribution in [0.2, 0.25) is 5.02 Å². The van der Waals surface area contributed by atoms with Crippen LogP contribution in [0.15, 0.2) is 54.6 Å². The molecule has 0 unspecified atom stereocenters. The highest BCUT2D eigenvalue weighted by molar-refractivity contribution is 6.31. The van der Waals surface area contributed by atoms with Gasteiger partial charge in [-0.3, -0.25) is 0 Å². The Balaban J connectivity index is 1.99. The Morgan fingerprint density at radius 2 is 1.79 bits per heavy atom. The number of hydrogen-bond acceptors (Lipinski definition) is 5. The van der Waals surface area contributed by atoms with Crippen LogP contribution in [0.3, 0.4) is 0 Å². The summed E-state index contributed by atoms with van der Waals surface area (Å²) in [6, 6.07) is 14.1. The highest BCUT2D eigenvalue weighted by atomic mass is 35.5. The number of alkyl halides is 3. The average molecular weight is 423 g/mol.